The first-order chi connectivity index (χ1) is 11.5. The molecule has 2 aliphatic rings. The number of rotatable bonds is 4. The third-order valence-corrected chi connectivity index (χ3v) is 5.90. The van der Waals surface area contributed by atoms with Gasteiger partial charge >= 0.3 is 0 Å². The first-order valence-electron chi connectivity index (χ1n) is 8.50. The summed E-state index contributed by atoms with van der Waals surface area (Å²) in [5.41, 5.74) is 0.711. The van der Waals surface area contributed by atoms with Crippen molar-refractivity contribution in [2.45, 2.75) is 56.8 Å². The standard InChI is InChI=1S/C18H23Cl2NO3/c1-12(24-17-4-2-3-9-23-17)18(8-7-16(22)21-11-18)13-5-6-14(19)15(20)10-13/h5-6,10,12,17H,2-4,7-9,11H2,1H3,(H,21,22). The number of piperidine rings is 1. The molecule has 0 saturated carbocycles. The lowest BCUT2D eigenvalue weighted by molar-refractivity contribution is -0.199. The van der Waals surface area contributed by atoms with Crippen molar-refractivity contribution in [2.24, 2.45) is 0 Å². The smallest absolute Gasteiger partial charge is 0.220 e. The van der Waals surface area contributed by atoms with Crippen LogP contribution in [0.3, 0.4) is 0 Å². The molecule has 0 aliphatic carbocycles. The monoisotopic (exact) mass is 371 g/mol. The number of carbonyl (C=O) groups excluding carboxylic acids is 1. The zero-order valence-corrected chi connectivity index (χ0v) is 15.3. The molecular formula is C18H23Cl2NO3. The molecule has 0 spiro atoms. The van der Waals surface area contributed by atoms with Crippen LogP contribution < -0.4 is 5.32 Å². The molecule has 2 aliphatic heterocycles. The van der Waals surface area contributed by atoms with Crippen molar-refractivity contribution in [1.29, 1.82) is 0 Å². The molecule has 2 heterocycles. The normalized spacial score (nSPS) is 29.1. The van der Waals surface area contributed by atoms with Gasteiger partial charge in [-0.3, -0.25) is 4.79 Å². The van der Waals surface area contributed by atoms with Crippen LogP contribution in [-0.2, 0) is 19.7 Å². The second-order valence-electron chi connectivity index (χ2n) is 6.64. The number of benzene rings is 1. The van der Waals surface area contributed by atoms with Gasteiger partial charge in [0.15, 0.2) is 6.29 Å². The Morgan fingerprint density at radius 2 is 2.17 bits per heavy atom. The van der Waals surface area contributed by atoms with Crippen LogP contribution in [0.4, 0.5) is 0 Å². The molecule has 1 amide bonds. The van der Waals surface area contributed by atoms with Crippen molar-refractivity contribution in [3.05, 3.63) is 33.8 Å². The fraction of sp³-hybridized carbons (Fsp3) is 0.611. The lowest BCUT2D eigenvalue weighted by Gasteiger charge is -2.43. The van der Waals surface area contributed by atoms with Gasteiger partial charge in [0.1, 0.15) is 0 Å². The molecule has 0 bridgehead atoms. The Labute approximate surface area is 152 Å². The van der Waals surface area contributed by atoms with Gasteiger partial charge in [-0.1, -0.05) is 29.3 Å². The summed E-state index contributed by atoms with van der Waals surface area (Å²) in [7, 11) is 0. The van der Waals surface area contributed by atoms with Crippen LogP contribution in [0.5, 0.6) is 0 Å². The summed E-state index contributed by atoms with van der Waals surface area (Å²) in [5.74, 6) is 0.0757. The molecule has 4 nitrogen and oxygen atoms in total. The molecule has 2 fully saturated rings. The van der Waals surface area contributed by atoms with E-state index in [0.717, 1.165) is 31.4 Å². The zero-order chi connectivity index (χ0) is 17.2. The van der Waals surface area contributed by atoms with Gasteiger partial charge in [-0.2, -0.15) is 0 Å². The summed E-state index contributed by atoms with van der Waals surface area (Å²) >= 11 is 12.3. The van der Waals surface area contributed by atoms with E-state index in [4.69, 9.17) is 32.7 Å². The fourth-order valence-corrected chi connectivity index (χ4v) is 3.88. The van der Waals surface area contributed by atoms with Crippen LogP contribution in [0.1, 0.15) is 44.6 Å². The maximum Gasteiger partial charge on any atom is 0.220 e. The highest BCUT2D eigenvalue weighted by molar-refractivity contribution is 6.42. The summed E-state index contributed by atoms with van der Waals surface area (Å²) in [6.07, 6.45) is 4.01. The summed E-state index contributed by atoms with van der Waals surface area (Å²) in [6.45, 7) is 3.32. The summed E-state index contributed by atoms with van der Waals surface area (Å²) in [6, 6.07) is 5.68. The van der Waals surface area contributed by atoms with E-state index in [9.17, 15) is 4.79 Å². The molecule has 0 aromatic heterocycles. The average molecular weight is 372 g/mol. The first-order valence-corrected chi connectivity index (χ1v) is 9.26. The van der Waals surface area contributed by atoms with Gasteiger partial charge in [-0.05, 0) is 50.3 Å². The summed E-state index contributed by atoms with van der Waals surface area (Å²) in [5, 5.41) is 4.04. The van der Waals surface area contributed by atoms with E-state index in [1.807, 2.05) is 12.1 Å². The Kier molecular flexibility index (Phi) is 5.70. The van der Waals surface area contributed by atoms with E-state index in [-0.39, 0.29) is 23.7 Å². The number of ether oxygens (including phenoxy) is 2. The highest BCUT2D eigenvalue weighted by Crippen LogP contribution is 2.39. The van der Waals surface area contributed by atoms with Crippen LogP contribution in [0.25, 0.3) is 0 Å². The molecule has 3 rings (SSSR count). The highest BCUT2D eigenvalue weighted by Gasteiger charge is 2.43. The van der Waals surface area contributed by atoms with Gasteiger partial charge < -0.3 is 14.8 Å². The van der Waals surface area contributed by atoms with Crippen molar-refractivity contribution in [2.75, 3.05) is 13.2 Å². The predicted octanol–water partition coefficient (Wildman–Crippen LogP) is 4.07. The quantitative estimate of drug-likeness (QED) is 0.867. The maximum absolute atomic E-state index is 11.7. The van der Waals surface area contributed by atoms with Gasteiger partial charge in [0.05, 0.1) is 16.1 Å². The van der Waals surface area contributed by atoms with E-state index < -0.39 is 0 Å². The van der Waals surface area contributed by atoms with Gasteiger partial charge in [-0.15, -0.1) is 0 Å². The van der Waals surface area contributed by atoms with E-state index >= 15 is 0 Å². The van der Waals surface area contributed by atoms with Crippen LogP contribution in [0, 0.1) is 0 Å². The summed E-state index contributed by atoms with van der Waals surface area (Å²) < 4.78 is 12.0. The molecule has 24 heavy (non-hydrogen) atoms. The van der Waals surface area contributed by atoms with Gasteiger partial charge in [0.2, 0.25) is 5.91 Å². The fourth-order valence-electron chi connectivity index (χ4n) is 3.58. The van der Waals surface area contributed by atoms with Gasteiger partial charge in [0, 0.05) is 25.0 Å². The van der Waals surface area contributed by atoms with E-state index in [0.29, 0.717) is 29.4 Å². The minimum atomic E-state index is -0.330. The molecule has 0 radical (unpaired) electrons. The number of hydrogen-bond acceptors (Lipinski definition) is 3. The topological polar surface area (TPSA) is 47.6 Å². The highest BCUT2D eigenvalue weighted by atomic mass is 35.5. The third-order valence-electron chi connectivity index (χ3n) is 5.17. The van der Waals surface area contributed by atoms with Crippen molar-refractivity contribution >= 4 is 29.1 Å². The number of hydrogen-bond donors (Lipinski definition) is 1. The molecule has 132 valence electrons. The molecule has 1 aromatic carbocycles. The van der Waals surface area contributed by atoms with Crippen LogP contribution in [0.15, 0.2) is 18.2 Å². The maximum atomic E-state index is 11.7. The Hall–Kier alpha value is -0.810. The number of amides is 1. The van der Waals surface area contributed by atoms with Crippen molar-refractivity contribution < 1.29 is 14.3 Å². The third kappa shape index (κ3) is 3.72. The SMILES string of the molecule is CC(OC1CCCCO1)C1(c2ccc(Cl)c(Cl)c2)CCC(=O)NC1. The lowest BCUT2D eigenvalue weighted by atomic mass is 9.70. The zero-order valence-electron chi connectivity index (χ0n) is 13.8. The number of halogens is 2. The lowest BCUT2D eigenvalue weighted by Crippen LogP contribution is -2.53. The van der Waals surface area contributed by atoms with Crippen LogP contribution in [0.2, 0.25) is 10.0 Å². The van der Waals surface area contributed by atoms with Crippen LogP contribution >= 0.6 is 23.2 Å². The second-order valence-corrected chi connectivity index (χ2v) is 7.45. The Balaban J connectivity index is 1.86. The van der Waals surface area contributed by atoms with Crippen molar-refractivity contribution in [3.63, 3.8) is 0 Å². The molecule has 3 unspecified atom stereocenters. The van der Waals surface area contributed by atoms with E-state index in [2.05, 4.69) is 12.2 Å². The minimum absolute atomic E-state index is 0.0757. The first kappa shape index (κ1) is 18.0. The molecule has 1 N–H and O–H groups in total. The molecular weight excluding hydrogens is 349 g/mol. The van der Waals surface area contributed by atoms with Crippen molar-refractivity contribution in [1.82, 2.24) is 5.32 Å². The Morgan fingerprint density at radius 3 is 2.79 bits per heavy atom. The van der Waals surface area contributed by atoms with Crippen molar-refractivity contribution in [3.8, 4) is 0 Å². The minimum Gasteiger partial charge on any atom is -0.355 e. The summed E-state index contributed by atoms with van der Waals surface area (Å²) in [4.78, 5) is 11.7. The van der Waals surface area contributed by atoms with Gasteiger partial charge in [0.25, 0.3) is 0 Å². The predicted molar refractivity (Wildman–Crippen MR) is 94.5 cm³/mol. The average Bonchev–Trinajstić information content (AvgIpc) is 2.59. The molecule has 2 saturated heterocycles. The largest absolute Gasteiger partial charge is 0.355 e. The van der Waals surface area contributed by atoms with E-state index in [1.54, 1.807) is 6.07 Å². The second kappa shape index (κ2) is 7.61. The Bertz CT molecular complexity index is 592. The molecule has 3 atom stereocenters. The molecule has 6 heteroatoms. The van der Waals surface area contributed by atoms with Gasteiger partial charge in [-0.25, -0.2) is 0 Å². The van der Waals surface area contributed by atoms with E-state index in [1.165, 1.54) is 0 Å². The molecule has 1 aromatic rings. The van der Waals surface area contributed by atoms with Crippen LogP contribution in [-0.4, -0.2) is 31.5 Å². The number of nitrogens with one attached hydrogen (secondary N) is 1. The Morgan fingerprint density at radius 1 is 1.33 bits per heavy atom. The number of carbonyl (C=O) groups is 1.